The molecule has 0 bridgehead atoms. The van der Waals surface area contributed by atoms with Crippen molar-refractivity contribution in [3.8, 4) is 0 Å². The molecule has 1 unspecified atom stereocenters. The first kappa shape index (κ1) is 19.8. The Hall–Kier alpha value is -1.48. The van der Waals surface area contributed by atoms with Gasteiger partial charge < -0.3 is 15.4 Å². The van der Waals surface area contributed by atoms with Crippen LogP contribution in [0.5, 0.6) is 0 Å². The minimum atomic E-state index is -3.55. The van der Waals surface area contributed by atoms with E-state index in [-0.39, 0.29) is 23.5 Å². The smallest absolute Gasteiger partial charge is 0.242 e. The molecule has 7 nitrogen and oxygen atoms in total. The van der Waals surface area contributed by atoms with Crippen LogP contribution in [0.2, 0.25) is 0 Å². The quantitative estimate of drug-likeness (QED) is 0.755. The predicted molar refractivity (Wildman–Crippen MR) is 97.3 cm³/mol. The summed E-state index contributed by atoms with van der Waals surface area (Å²) in [5.74, 6) is -0.208. The molecule has 1 fully saturated rings. The standard InChI is InChI=1S/C17H27N3O4S/c1-12-8-15(25(22,23)20(3)4)9-16(13(12)2)19-17(21)11-18-10-14-6-5-7-24-14/h8-9,14,18H,5-7,10-11H2,1-4H3,(H,19,21). The minimum absolute atomic E-state index is 0.156. The van der Waals surface area contributed by atoms with Gasteiger partial charge in [-0.3, -0.25) is 4.79 Å². The fraction of sp³-hybridized carbons (Fsp3) is 0.588. The van der Waals surface area contributed by atoms with E-state index in [0.717, 1.165) is 34.9 Å². The van der Waals surface area contributed by atoms with Crippen LogP contribution in [-0.2, 0) is 19.6 Å². The lowest BCUT2D eigenvalue weighted by Gasteiger charge is -2.17. The summed E-state index contributed by atoms with van der Waals surface area (Å²) in [5, 5.41) is 5.88. The Labute approximate surface area is 149 Å². The first-order chi connectivity index (χ1) is 11.7. The van der Waals surface area contributed by atoms with Crippen molar-refractivity contribution in [3.05, 3.63) is 23.3 Å². The molecule has 0 spiro atoms. The molecule has 1 aliphatic heterocycles. The average Bonchev–Trinajstić information content (AvgIpc) is 3.04. The van der Waals surface area contributed by atoms with Crippen LogP contribution >= 0.6 is 0 Å². The highest BCUT2D eigenvalue weighted by Gasteiger charge is 2.20. The van der Waals surface area contributed by atoms with E-state index >= 15 is 0 Å². The summed E-state index contributed by atoms with van der Waals surface area (Å²) in [6, 6.07) is 3.13. The monoisotopic (exact) mass is 369 g/mol. The van der Waals surface area contributed by atoms with E-state index in [9.17, 15) is 13.2 Å². The molecular formula is C17H27N3O4S. The molecule has 1 saturated heterocycles. The number of aryl methyl sites for hydroxylation is 1. The molecule has 0 aromatic heterocycles. The molecule has 1 aromatic carbocycles. The number of sulfonamides is 1. The SMILES string of the molecule is Cc1cc(S(=O)(=O)N(C)C)cc(NC(=O)CNCC2CCCO2)c1C. The van der Waals surface area contributed by atoms with Crippen LogP contribution in [0, 0.1) is 13.8 Å². The van der Waals surface area contributed by atoms with Crippen LogP contribution in [0.1, 0.15) is 24.0 Å². The van der Waals surface area contributed by atoms with Gasteiger partial charge in [-0.2, -0.15) is 0 Å². The maximum absolute atomic E-state index is 12.3. The summed E-state index contributed by atoms with van der Waals surface area (Å²) in [6.45, 7) is 5.26. The average molecular weight is 369 g/mol. The fourth-order valence-electron chi connectivity index (χ4n) is 2.66. The largest absolute Gasteiger partial charge is 0.377 e. The molecule has 1 aromatic rings. The molecule has 1 amide bonds. The van der Waals surface area contributed by atoms with E-state index in [1.54, 1.807) is 6.07 Å². The van der Waals surface area contributed by atoms with Crippen LogP contribution in [0.4, 0.5) is 5.69 Å². The molecule has 0 aliphatic carbocycles. The van der Waals surface area contributed by atoms with Crippen molar-refractivity contribution in [2.45, 2.75) is 37.7 Å². The Morgan fingerprint density at radius 3 is 2.64 bits per heavy atom. The van der Waals surface area contributed by atoms with Gasteiger partial charge in [0.25, 0.3) is 0 Å². The van der Waals surface area contributed by atoms with Gasteiger partial charge in [0.2, 0.25) is 15.9 Å². The number of nitrogens with one attached hydrogen (secondary N) is 2. The Morgan fingerprint density at radius 2 is 2.04 bits per heavy atom. The molecule has 0 radical (unpaired) electrons. The summed E-state index contributed by atoms with van der Waals surface area (Å²) < 4.78 is 31.3. The Balaban J connectivity index is 2.05. The molecule has 1 aliphatic rings. The summed E-state index contributed by atoms with van der Waals surface area (Å²) >= 11 is 0. The van der Waals surface area contributed by atoms with Crippen LogP contribution < -0.4 is 10.6 Å². The maximum atomic E-state index is 12.3. The molecule has 1 atom stereocenters. The van der Waals surface area contributed by atoms with Gasteiger partial charge >= 0.3 is 0 Å². The van der Waals surface area contributed by atoms with Crippen LogP contribution in [0.15, 0.2) is 17.0 Å². The zero-order chi connectivity index (χ0) is 18.6. The van der Waals surface area contributed by atoms with Crippen molar-refractivity contribution < 1.29 is 17.9 Å². The van der Waals surface area contributed by atoms with E-state index in [1.807, 2.05) is 13.8 Å². The number of nitrogens with zero attached hydrogens (tertiary/aromatic N) is 1. The van der Waals surface area contributed by atoms with E-state index in [0.29, 0.717) is 12.2 Å². The molecule has 25 heavy (non-hydrogen) atoms. The third kappa shape index (κ3) is 5.01. The van der Waals surface area contributed by atoms with Crippen LogP contribution in [-0.4, -0.2) is 58.5 Å². The number of hydrogen-bond donors (Lipinski definition) is 2. The fourth-order valence-corrected chi connectivity index (χ4v) is 3.68. The second-order valence-corrected chi connectivity index (χ2v) is 8.67. The topological polar surface area (TPSA) is 87.7 Å². The number of carbonyl (C=O) groups is 1. The van der Waals surface area contributed by atoms with E-state index < -0.39 is 10.0 Å². The maximum Gasteiger partial charge on any atom is 0.242 e. The molecule has 1 heterocycles. The number of ether oxygens (including phenoxy) is 1. The van der Waals surface area contributed by atoms with E-state index in [1.165, 1.54) is 20.2 Å². The van der Waals surface area contributed by atoms with Crippen molar-refractivity contribution in [2.75, 3.05) is 39.1 Å². The summed E-state index contributed by atoms with van der Waals surface area (Å²) in [6.07, 6.45) is 2.24. The van der Waals surface area contributed by atoms with Crippen molar-refractivity contribution in [2.24, 2.45) is 0 Å². The molecule has 0 saturated carbocycles. The minimum Gasteiger partial charge on any atom is -0.377 e. The Morgan fingerprint density at radius 1 is 1.32 bits per heavy atom. The molecule has 2 rings (SSSR count). The number of hydrogen-bond acceptors (Lipinski definition) is 5. The zero-order valence-corrected chi connectivity index (χ0v) is 16.1. The van der Waals surface area contributed by atoms with Gasteiger partial charge in [0.1, 0.15) is 0 Å². The first-order valence-electron chi connectivity index (χ1n) is 8.37. The van der Waals surface area contributed by atoms with Crippen LogP contribution in [0.25, 0.3) is 0 Å². The predicted octanol–water partition coefficient (Wildman–Crippen LogP) is 1.26. The summed E-state index contributed by atoms with van der Waals surface area (Å²) in [4.78, 5) is 12.3. The van der Waals surface area contributed by atoms with Gasteiger partial charge in [-0.1, -0.05) is 0 Å². The van der Waals surface area contributed by atoms with Crippen molar-refractivity contribution in [3.63, 3.8) is 0 Å². The normalized spacial score (nSPS) is 17.9. The highest BCUT2D eigenvalue weighted by molar-refractivity contribution is 7.89. The Bertz CT molecular complexity index is 726. The number of anilines is 1. The van der Waals surface area contributed by atoms with Gasteiger partial charge in [-0.15, -0.1) is 0 Å². The lowest BCUT2D eigenvalue weighted by Crippen LogP contribution is -2.33. The number of benzene rings is 1. The van der Waals surface area contributed by atoms with E-state index in [2.05, 4.69) is 10.6 Å². The van der Waals surface area contributed by atoms with Crippen LogP contribution in [0.3, 0.4) is 0 Å². The van der Waals surface area contributed by atoms with Gasteiger partial charge in [-0.05, 0) is 49.9 Å². The van der Waals surface area contributed by atoms with Gasteiger partial charge in [0, 0.05) is 32.9 Å². The van der Waals surface area contributed by atoms with E-state index in [4.69, 9.17) is 4.74 Å². The number of rotatable bonds is 7. The number of amides is 1. The first-order valence-corrected chi connectivity index (χ1v) is 9.81. The molecule has 8 heteroatoms. The third-order valence-corrected chi connectivity index (χ3v) is 6.17. The van der Waals surface area contributed by atoms with Gasteiger partial charge in [-0.25, -0.2) is 12.7 Å². The third-order valence-electron chi connectivity index (χ3n) is 4.38. The van der Waals surface area contributed by atoms with Gasteiger partial charge in [0.15, 0.2) is 0 Å². The van der Waals surface area contributed by atoms with Crippen molar-refractivity contribution in [1.29, 1.82) is 0 Å². The summed E-state index contributed by atoms with van der Waals surface area (Å²) in [7, 11) is -0.585. The lowest BCUT2D eigenvalue weighted by molar-refractivity contribution is -0.115. The second kappa shape index (κ2) is 8.27. The molecule has 2 N–H and O–H groups in total. The second-order valence-electron chi connectivity index (χ2n) is 6.51. The van der Waals surface area contributed by atoms with Crippen molar-refractivity contribution in [1.82, 2.24) is 9.62 Å². The molecule has 140 valence electrons. The van der Waals surface area contributed by atoms with Gasteiger partial charge in [0.05, 0.1) is 17.5 Å². The highest BCUT2D eigenvalue weighted by atomic mass is 32.2. The Kier molecular flexibility index (Phi) is 6.56. The van der Waals surface area contributed by atoms with Crippen molar-refractivity contribution >= 4 is 21.6 Å². The zero-order valence-electron chi connectivity index (χ0n) is 15.3. The lowest BCUT2D eigenvalue weighted by atomic mass is 10.1. The number of carbonyl (C=O) groups excluding carboxylic acids is 1. The molecular weight excluding hydrogens is 342 g/mol. The highest BCUT2D eigenvalue weighted by Crippen LogP contribution is 2.25. The summed E-state index contributed by atoms with van der Waals surface area (Å²) in [5.41, 5.74) is 2.18.